The number of carbonyl (C=O) groups excluding carboxylic acids is 1. The van der Waals surface area contributed by atoms with Gasteiger partial charge in [0.25, 0.3) is 5.91 Å². The number of ether oxygens (including phenoxy) is 1. The van der Waals surface area contributed by atoms with Crippen LogP contribution in [0.3, 0.4) is 0 Å². The largest absolute Gasteiger partial charge is 0.495 e. The minimum Gasteiger partial charge on any atom is -0.495 e. The molecule has 0 unspecified atom stereocenters. The van der Waals surface area contributed by atoms with E-state index in [2.05, 4.69) is 13.0 Å². The Hall–Kier alpha value is -1.97. The summed E-state index contributed by atoms with van der Waals surface area (Å²) >= 11 is 0. The van der Waals surface area contributed by atoms with Gasteiger partial charge in [-0.3, -0.25) is 4.79 Å². The van der Waals surface area contributed by atoms with Crippen LogP contribution >= 0.6 is 0 Å². The first kappa shape index (κ1) is 12.5. The Morgan fingerprint density at radius 1 is 1.44 bits per heavy atom. The number of methoxy groups -OCH3 is 1. The minimum atomic E-state index is 0.0214. The summed E-state index contributed by atoms with van der Waals surface area (Å²) in [5.74, 6) is 0.619. The van der Waals surface area contributed by atoms with Gasteiger partial charge in [-0.25, -0.2) is 0 Å². The minimum absolute atomic E-state index is 0.0214. The van der Waals surface area contributed by atoms with Crippen LogP contribution in [0.2, 0.25) is 0 Å². The normalized spacial score (nSPS) is 15.2. The van der Waals surface area contributed by atoms with Crippen LogP contribution in [0.4, 0.5) is 5.69 Å². The summed E-state index contributed by atoms with van der Waals surface area (Å²) in [6.07, 6.45) is 3.03. The molecule has 96 valence electrons. The maximum Gasteiger partial charge on any atom is 0.254 e. The quantitative estimate of drug-likeness (QED) is 0.642. The van der Waals surface area contributed by atoms with Gasteiger partial charge in [0, 0.05) is 18.7 Å². The van der Waals surface area contributed by atoms with Crippen LogP contribution in [0.1, 0.15) is 23.7 Å². The summed E-state index contributed by atoms with van der Waals surface area (Å²) in [4.78, 5) is 14.1. The molecule has 2 rings (SSSR count). The van der Waals surface area contributed by atoms with Gasteiger partial charge >= 0.3 is 0 Å². The summed E-state index contributed by atoms with van der Waals surface area (Å²) in [5.41, 5.74) is 8.26. The summed E-state index contributed by atoms with van der Waals surface area (Å²) in [5, 5.41) is 0. The third kappa shape index (κ3) is 2.47. The lowest BCUT2D eigenvalue weighted by Gasteiger charge is -2.25. The van der Waals surface area contributed by atoms with Gasteiger partial charge in [0.2, 0.25) is 0 Å². The molecule has 0 saturated heterocycles. The molecule has 0 fully saturated rings. The molecule has 1 aliphatic rings. The van der Waals surface area contributed by atoms with Gasteiger partial charge < -0.3 is 15.4 Å². The van der Waals surface area contributed by atoms with E-state index >= 15 is 0 Å². The van der Waals surface area contributed by atoms with Crippen LogP contribution in [-0.2, 0) is 0 Å². The Labute approximate surface area is 107 Å². The fourth-order valence-corrected chi connectivity index (χ4v) is 2.01. The maximum atomic E-state index is 12.3. The molecular formula is C14H18N2O2. The van der Waals surface area contributed by atoms with Crippen molar-refractivity contribution in [3.8, 4) is 5.75 Å². The van der Waals surface area contributed by atoms with Gasteiger partial charge in [0.1, 0.15) is 5.75 Å². The van der Waals surface area contributed by atoms with Gasteiger partial charge in [-0.15, -0.1) is 0 Å². The molecular weight excluding hydrogens is 228 g/mol. The lowest BCUT2D eigenvalue weighted by atomic mass is 10.1. The molecule has 1 aliphatic heterocycles. The Morgan fingerprint density at radius 2 is 2.22 bits per heavy atom. The zero-order valence-electron chi connectivity index (χ0n) is 10.8. The van der Waals surface area contributed by atoms with Crippen molar-refractivity contribution in [1.29, 1.82) is 0 Å². The number of nitrogens with two attached hydrogens (primary N) is 1. The van der Waals surface area contributed by atoms with Gasteiger partial charge in [-0.1, -0.05) is 11.6 Å². The van der Waals surface area contributed by atoms with Crippen molar-refractivity contribution in [3.05, 3.63) is 35.4 Å². The average Bonchev–Trinajstić information content (AvgIpc) is 2.38. The van der Waals surface area contributed by atoms with Crippen LogP contribution < -0.4 is 10.5 Å². The molecule has 18 heavy (non-hydrogen) atoms. The number of nitrogen functional groups attached to an aromatic ring is 1. The van der Waals surface area contributed by atoms with Crippen LogP contribution in [0.25, 0.3) is 0 Å². The van der Waals surface area contributed by atoms with Crippen molar-refractivity contribution in [2.24, 2.45) is 0 Å². The maximum absolute atomic E-state index is 12.3. The second-order valence-electron chi connectivity index (χ2n) is 4.51. The van der Waals surface area contributed by atoms with Crippen LogP contribution in [0, 0.1) is 0 Å². The molecule has 0 aromatic heterocycles. The van der Waals surface area contributed by atoms with E-state index < -0.39 is 0 Å². The fourth-order valence-electron chi connectivity index (χ4n) is 2.01. The van der Waals surface area contributed by atoms with Crippen LogP contribution in [0.15, 0.2) is 29.8 Å². The average molecular weight is 246 g/mol. The highest BCUT2D eigenvalue weighted by molar-refractivity contribution is 5.95. The Balaban J connectivity index is 2.16. The molecule has 1 heterocycles. The smallest absolute Gasteiger partial charge is 0.254 e. The Kier molecular flexibility index (Phi) is 3.55. The highest BCUT2D eigenvalue weighted by atomic mass is 16.5. The molecule has 1 aromatic carbocycles. The zero-order valence-corrected chi connectivity index (χ0v) is 10.8. The predicted octanol–water partition coefficient (Wildman–Crippen LogP) is 2.07. The lowest BCUT2D eigenvalue weighted by molar-refractivity contribution is 0.0769. The molecule has 0 saturated carbocycles. The van der Waals surface area contributed by atoms with E-state index in [1.54, 1.807) is 25.3 Å². The monoisotopic (exact) mass is 246 g/mol. The highest BCUT2D eigenvalue weighted by Crippen LogP contribution is 2.23. The molecule has 1 aromatic rings. The number of anilines is 1. The fraction of sp³-hybridized carbons (Fsp3) is 0.357. The first-order valence-electron chi connectivity index (χ1n) is 6.00. The SMILES string of the molecule is COc1ccc(C(=O)N2CC=C(C)CC2)cc1N. The van der Waals surface area contributed by atoms with Crippen molar-refractivity contribution < 1.29 is 9.53 Å². The van der Waals surface area contributed by atoms with E-state index in [9.17, 15) is 4.79 Å². The van der Waals surface area contributed by atoms with Gasteiger partial charge in [0.15, 0.2) is 0 Å². The van der Waals surface area contributed by atoms with E-state index in [0.29, 0.717) is 23.5 Å². The molecule has 2 N–H and O–H groups in total. The molecule has 4 nitrogen and oxygen atoms in total. The Morgan fingerprint density at radius 3 is 2.78 bits per heavy atom. The van der Waals surface area contributed by atoms with Gasteiger partial charge in [0.05, 0.1) is 12.8 Å². The summed E-state index contributed by atoms with van der Waals surface area (Å²) in [6.45, 7) is 3.54. The van der Waals surface area contributed by atoms with E-state index in [1.165, 1.54) is 5.57 Å². The number of hydrogen-bond donors (Lipinski definition) is 1. The van der Waals surface area contributed by atoms with Crippen molar-refractivity contribution >= 4 is 11.6 Å². The molecule has 0 bridgehead atoms. The van der Waals surface area contributed by atoms with Crippen LogP contribution in [0.5, 0.6) is 5.75 Å². The van der Waals surface area contributed by atoms with E-state index in [-0.39, 0.29) is 5.91 Å². The third-order valence-electron chi connectivity index (χ3n) is 3.20. The lowest BCUT2D eigenvalue weighted by Crippen LogP contribution is -2.34. The van der Waals surface area contributed by atoms with Crippen molar-refractivity contribution in [2.45, 2.75) is 13.3 Å². The molecule has 0 atom stereocenters. The molecule has 0 radical (unpaired) electrons. The predicted molar refractivity (Wildman–Crippen MR) is 71.7 cm³/mol. The molecule has 4 heteroatoms. The summed E-state index contributed by atoms with van der Waals surface area (Å²) in [6, 6.07) is 5.16. The first-order chi connectivity index (χ1) is 8.61. The van der Waals surface area contributed by atoms with Gasteiger partial charge in [-0.2, -0.15) is 0 Å². The number of nitrogens with zero attached hydrogens (tertiary/aromatic N) is 1. The zero-order chi connectivity index (χ0) is 13.1. The number of rotatable bonds is 2. The number of benzene rings is 1. The van der Waals surface area contributed by atoms with Crippen molar-refractivity contribution in [2.75, 3.05) is 25.9 Å². The topological polar surface area (TPSA) is 55.6 Å². The molecule has 0 spiro atoms. The number of carbonyl (C=O) groups is 1. The van der Waals surface area contributed by atoms with Crippen molar-refractivity contribution in [3.63, 3.8) is 0 Å². The van der Waals surface area contributed by atoms with Crippen molar-refractivity contribution in [1.82, 2.24) is 4.90 Å². The molecule has 0 aliphatic carbocycles. The number of amides is 1. The van der Waals surface area contributed by atoms with E-state index in [1.807, 2.05) is 4.90 Å². The van der Waals surface area contributed by atoms with Gasteiger partial charge in [-0.05, 0) is 31.5 Å². The second-order valence-corrected chi connectivity index (χ2v) is 4.51. The Bertz CT molecular complexity index is 495. The summed E-state index contributed by atoms with van der Waals surface area (Å²) in [7, 11) is 1.56. The first-order valence-corrected chi connectivity index (χ1v) is 6.00. The van der Waals surface area contributed by atoms with E-state index in [4.69, 9.17) is 10.5 Å². The van der Waals surface area contributed by atoms with Crippen LogP contribution in [-0.4, -0.2) is 31.0 Å². The third-order valence-corrected chi connectivity index (χ3v) is 3.20. The second kappa shape index (κ2) is 5.12. The molecule has 1 amide bonds. The summed E-state index contributed by atoms with van der Waals surface area (Å²) < 4.78 is 5.08. The van der Waals surface area contributed by atoms with E-state index in [0.717, 1.165) is 13.0 Å². The number of hydrogen-bond acceptors (Lipinski definition) is 3. The highest BCUT2D eigenvalue weighted by Gasteiger charge is 2.18. The standard InChI is InChI=1S/C14H18N2O2/c1-10-5-7-16(8-6-10)14(17)11-3-4-13(18-2)12(15)9-11/h3-5,9H,6-8,15H2,1-2H3.